The van der Waals surface area contributed by atoms with Gasteiger partial charge in [0.1, 0.15) is 5.75 Å². The maximum absolute atomic E-state index is 12.4. The molecular weight excluding hydrogens is 342 g/mol. The molecule has 0 bridgehead atoms. The number of sulfonamides is 1. The van der Waals surface area contributed by atoms with E-state index in [1.165, 1.54) is 13.2 Å². The molecule has 0 spiro atoms. The van der Waals surface area contributed by atoms with Gasteiger partial charge in [0.2, 0.25) is 21.8 Å². The van der Waals surface area contributed by atoms with Crippen LogP contribution >= 0.6 is 0 Å². The van der Waals surface area contributed by atoms with E-state index >= 15 is 0 Å². The van der Waals surface area contributed by atoms with Gasteiger partial charge >= 0.3 is 0 Å². The molecule has 1 aromatic heterocycles. The van der Waals surface area contributed by atoms with Gasteiger partial charge in [-0.15, -0.1) is 10.2 Å². The van der Waals surface area contributed by atoms with E-state index in [-0.39, 0.29) is 17.3 Å². The largest absolute Gasteiger partial charge is 0.496 e. The van der Waals surface area contributed by atoms with Crippen LogP contribution in [0.4, 0.5) is 0 Å². The maximum Gasteiger partial charge on any atom is 0.247 e. The summed E-state index contributed by atoms with van der Waals surface area (Å²) < 4.78 is 37.9. The molecule has 0 aliphatic rings. The van der Waals surface area contributed by atoms with Gasteiger partial charge in [-0.05, 0) is 42.8 Å². The molecule has 3 rings (SSSR count). The highest BCUT2D eigenvalue weighted by molar-refractivity contribution is 7.89. The normalized spacial score (nSPS) is 11.4. The number of rotatable bonds is 6. The van der Waals surface area contributed by atoms with Crippen LogP contribution < -0.4 is 9.46 Å². The Morgan fingerprint density at radius 3 is 2.56 bits per heavy atom. The third-order valence-electron chi connectivity index (χ3n) is 3.58. The first-order chi connectivity index (χ1) is 12.0. The van der Waals surface area contributed by atoms with E-state index in [2.05, 4.69) is 14.9 Å². The molecule has 0 fully saturated rings. The Kier molecular flexibility index (Phi) is 4.82. The van der Waals surface area contributed by atoms with Gasteiger partial charge in [0, 0.05) is 5.56 Å². The highest BCUT2D eigenvalue weighted by Gasteiger charge is 2.17. The van der Waals surface area contributed by atoms with E-state index in [0.29, 0.717) is 11.6 Å². The van der Waals surface area contributed by atoms with Crippen molar-refractivity contribution in [2.75, 3.05) is 7.11 Å². The summed E-state index contributed by atoms with van der Waals surface area (Å²) in [6.07, 6.45) is 0. The molecule has 0 unspecified atom stereocenters. The Morgan fingerprint density at radius 2 is 1.88 bits per heavy atom. The van der Waals surface area contributed by atoms with Crippen LogP contribution in [0.2, 0.25) is 0 Å². The lowest BCUT2D eigenvalue weighted by Gasteiger charge is -2.08. The molecule has 0 aliphatic heterocycles. The minimum absolute atomic E-state index is 0.0900. The quantitative estimate of drug-likeness (QED) is 0.727. The summed E-state index contributed by atoms with van der Waals surface area (Å²) in [4.78, 5) is 0.147. The molecule has 25 heavy (non-hydrogen) atoms. The van der Waals surface area contributed by atoms with Crippen LogP contribution in [0.5, 0.6) is 5.75 Å². The zero-order valence-corrected chi connectivity index (χ0v) is 14.6. The Balaban J connectivity index is 1.72. The van der Waals surface area contributed by atoms with E-state index in [4.69, 9.17) is 9.15 Å². The minimum atomic E-state index is -3.69. The summed E-state index contributed by atoms with van der Waals surface area (Å²) in [7, 11) is -2.16. The molecule has 1 N–H and O–H groups in total. The number of aryl methyl sites for hydroxylation is 1. The lowest BCUT2D eigenvalue weighted by molar-refractivity contribution is 0.411. The molecule has 0 saturated heterocycles. The third-order valence-corrected chi connectivity index (χ3v) is 4.98. The number of nitrogens with zero attached hydrogens (tertiary/aromatic N) is 2. The lowest BCUT2D eigenvalue weighted by Crippen LogP contribution is -2.23. The monoisotopic (exact) mass is 359 g/mol. The van der Waals surface area contributed by atoms with Gasteiger partial charge in [-0.1, -0.05) is 18.2 Å². The fourth-order valence-electron chi connectivity index (χ4n) is 2.28. The van der Waals surface area contributed by atoms with Gasteiger partial charge in [-0.2, -0.15) is 0 Å². The Labute approximate surface area is 145 Å². The fourth-order valence-corrected chi connectivity index (χ4v) is 3.34. The summed E-state index contributed by atoms with van der Waals surface area (Å²) in [6, 6.07) is 13.9. The maximum atomic E-state index is 12.4. The Morgan fingerprint density at radius 1 is 1.12 bits per heavy atom. The first kappa shape index (κ1) is 17.1. The van der Waals surface area contributed by atoms with Gasteiger partial charge in [-0.25, -0.2) is 13.1 Å². The van der Waals surface area contributed by atoms with E-state index in [9.17, 15) is 8.42 Å². The predicted molar refractivity (Wildman–Crippen MR) is 91.5 cm³/mol. The first-order valence-electron chi connectivity index (χ1n) is 7.52. The smallest absolute Gasteiger partial charge is 0.247 e. The molecule has 8 heteroatoms. The highest BCUT2D eigenvalue weighted by Crippen LogP contribution is 2.21. The molecule has 0 atom stereocenters. The van der Waals surface area contributed by atoms with E-state index in [0.717, 1.165) is 11.1 Å². The second-order valence-electron chi connectivity index (χ2n) is 5.32. The van der Waals surface area contributed by atoms with Crippen LogP contribution in [0.3, 0.4) is 0 Å². The van der Waals surface area contributed by atoms with Crippen molar-refractivity contribution in [3.63, 3.8) is 0 Å². The Bertz CT molecular complexity index is 969. The van der Waals surface area contributed by atoms with Crippen LogP contribution in [0, 0.1) is 6.92 Å². The molecule has 3 aromatic rings. The molecule has 0 saturated carbocycles. The van der Waals surface area contributed by atoms with Crippen LogP contribution in [0.25, 0.3) is 11.5 Å². The molecule has 0 radical (unpaired) electrons. The van der Waals surface area contributed by atoms with Crippen molar-refractivity contribution < 1.29 is 17.6 Å². The Hall–Kier alpha value is -2.71. The average molecular weight is 359 g/mol. The van der Waals surface area contributed by atoms with Crippen molar-refractivity contribution in [2.24, 2.45) is 0 Å². The van der Waals surface area contributed by atoms with Crippen LogP contribution in [-0.2, 0) is 16.6 Å². The van der Waals surface area contributed by atoms with Gasteiger partial charge in [-0.3, -0.25) is 0 Å². The number of methoxy groups -OCH3 is 1. The van der Waals surface area contributed by atoms with Crippen molar-refractivity contribution >= 4 is 10.0 Å². The molecular formula is C17H17N3O4S. The molecule has 0 amide bonds. The molecule has 130 valence electrons. The second kappa shape index (κ2) is 7.04. The fraction of sp³-hybridized carbons (Fsp3) is 0.176. The van der Waals surface area contributed by atoms with Gasteiger partial charge in [0.25, 0.3) is 0 Å². The zero-order valence-electron chi connectivity index (χ0n) is 13.8. The number of nitrogens with one attached hydrogen (secondary N) is 1. The first-order valence-corrected chi connectivity index (χ1v) is 9.00. The van der Waals surface area contributed by atoms with Crippen molar-refractivity contribution in [1.29, 1.82) is 0 Å². The van der Waals surface area contributed by atoms with Crippen molar-refractivity contribution in [3.8, 4) is 17.2 Å². The molecule has 2 aromatic carbocycles. The SMILES string of the molecule is COc1ccc(S(=O)(=O)NCc2nnc(-c3ccccc3)o2)cc1C. The molecule has 0 aliphatic carbocycles. The lowest BCUT2D eigenvalue weighted by atomic mass is 10.2. The van der Waals surface area contributed by atoms with E-state index in [1.54, 1.807) is 19.1 Å². The summed E-state index contributed by atoms with van der Waals surface area (Å²) in [5, 5.41) is 7.80. The van der Waals surface area contributed by atoms with Gasteiger partial charge in [0.05, 0.1) is 18.6 Å². The van der Waals surface area contributed by atoms with Crippen molar-refractivity contribution in [2.45, 2.75) is 18.4 Å². The van der Waals surface area contributed by atoms with Crippen LogP contribution in [-0.4, -0.2) is 25.7 Å². The van der Waals surface area contributed by atoms with Crippen LogP contribution in [0.15, 0.2) is 57.8 Å². The number of benzene rings is 2. The minimum Gasteiger partial charge on any atom is -0.496 e. The second-order valence-corrected chi connectivity index (χ2v) is 7.09. The summed E-state index contributed by atoms with van der Waals surface area (Å²) in [6.45, 7) is 1.69. The van der Waals surface area contributed by atoms with Crippen molar-refractivity contribution in [3.05, 3.63) is 60.0 Å². The molecule has 1 heterocycles. The summed E-state index contributed by atoms with van der Waals surface area (Å²) >= 11 is 0. The average Bonchev–Trinajstić information content (AvgIpc) is 3.10. The number of ether oxygens (including phenoxy) is 1. The summed E-state index contributed by atoms with van der Waals surface area (Å²) in [5.41, 5.74) is 1.50. The van der Waals surface area contributed by atoms with E-state index < -0.39 is 10.0 Å². The van der Waals surface area contributed by atoms with Crippen LogP contribution in [0.1, 0.15) is 11.5 Å². The van der Waals surface area contributed by atoms with E-state index in [1.807, 2.05) is 30.3 Å². The van der Waals surface area contributed by atoms with Gasteiger partial charge < -0.3 is 9.15 Å². The standard InChI is InChI=1S/C17H17N3O4S/c1-12-10-14(8-9-15(12)23-2)25(21,22)18-11-16-19-20-17(24-16)13-6-4-3-5-7-13/h3-10,18H,11H2,1-2H3. The predicted octanol–water partition coefficient (Wildman–Crippen LogP) is 2.53. The zero-order chi connectivity index (χ0) is 17.9. The number of hydrogen-bond donors (Lipinski definition) is 1. The number of hydrogen-bond acceptors (Lipinski definition) is 6. The topological polar surface area (TPSA) is 94.3 Å². The van der Waals surface area contributed by atoms with Gasteiger partial charge in [0.15, 0.2) is 0 Å². The number of aromatic nitrogens is 2. The molecule has 7 nitrogen and oxygen atoms in total. The van der Waals surface area contributed by atoms with Crippen molar-refractivity contribution in [1.82, 2.24) is 14.9 Å². The highest BCUT2D eigenvalue weighted by atomic mass is 32.2. The summed E-state index contributed by atoms with van der Waals surface area (Å²) in [5.74, 6) is 1.16. The third kappa shape index (κ3) is 3.86.